The van der Waals surface area contributed by atoms with Gasteiger partial charge in [-0.3, -0.25) is 9.89 Å². The normalized spacial score (nSPS) is 16.0. The Labute approximate surface area is 178 Å². The molecule has 1 aliphatic rings. The molecule has 1 fully saturated rings. The third-order valence-electron chi connectivity index (χ3n) is 4.99. The minimum absolute atomic E-state index is 0.0884. The summed E-state index contributed by atoms with van der Waals surface area (Å²) in [4.78, 5) is 9.25. The molecular weight excluding hydrogens is 402 g/mol. The van der Waals surface area contributed by atoms with Crippen LogP contribution in [0.1, 0.15) is 24.6 Å². The van der Waals surface area contributed by atoms with E-state index >= 15 is 0 Å². The van der Waals surface area contributed by atoms with Gasteiger partial charge < -0.3 is 14.7 Å². The van der Waals surface area contributed by atoms with Gasteiger partial charge in [0.15, 0.2) is 15.8 Å². The lowest BCUT2D eigenvalue weighted by atomic mass is 10.2. The number of aromatic nitrogens is 1. The van der Waals surface area contributed by atoms with Crippen molar-refractivity contribution in [2.24, 2.45) is 4.99 Å². The van der Waals surface area contributed by atoms with Crippen LogP contribution in [-0.4, -0.2) is 74.4 Å². The van der Waals surface area contributed by atoms with Gasteiger partial charge in [-0.25, -0.2) is 8.42 Å². The number of piperazine rings is 1. The lowest BCUT2D eigenvalue weighted by Gasteiger charge is -2.36. The predicted octanol–water partition coefficient (Wildman–Crippen LogP) is 1.76. The monoisotopic (exact) mass is 433 g/mol. The fourth-order valence-electron chi connectivity index (χ4n) is 3.46. The van der Waals surface area contributed by atoms with E-state index in [-0.39, 0.29) is 11.5 Å². The van der Waals surface area contributed by atoms with Crippen LogP contribution in [0.25, 0.3) is 0 Å². The van der Waals surface area contributed by atoms with Gasteiger partial charge in [-0.15, -0.1) is 0 Å². The number of aliphatic imine (C=N–C) groups is 1. The van der Waals surface area contributed by atoms with E-state index in [1.165, 1.54) is 0 Å². The fraction of sp³-hybridized carbons (Fsp3) is 0.524. The second kappa shape index (κ2) is 11.1. The largest absolute Gasteiger partial charge is 0.364 e. The minimum atomic E-state index is -3.13. The lowest BCUT2D eigenvalue weighted by molar-refractivity contribution is 0.169. The van der Waals surface area contributed by atoms with Crippen molar-refractivity contribution in [2.45, 2.75) is 25.6 Å². The Kier molecular flexibility index (Phi) is 8.27. The van der Waals surface area contributed by atoms with Crippen molar-refractivity contribution in [1.82, 2.24) is 20.3 Å². The molecule has 1 aromatic carbocycles. The maximum atomic E-state index is 12.3. The Balaban J connectivity index is 1.45. The Morgan fingerprint density at radius 2 is 1.93 bits per heavy atom. The Bertz CT molecular complexity index is 877. The highest BCUT2D eigenvalue weighted by Gasteiger charge is 2.20. The van der Waals surface area contributed by atoms with Crippen molar-refractivity contribution in [3.8, 4) is 0 Å². The van der Waals surface area contributed by atoms with Crippen LogP contribution in [0.15, 0.2) is 52.2 Å². The second-order valence-electron chi connectivity index (χ2n) is 7.42. The molecule has 0 spiro atoms. The summed E-state index contributed by atoms with van der Waals surface area (Å²) in [6, 6.07) is 11.2. The molecule has 0 amide bonds. The summed E-state index contributed by atoms with van der Waals surface area (Å²) < 4.78 is 29.6. The SMILES string of the molecule is CCNC(=NCCCS(=O)(=O)Cc1ccccc1)N1CCN(Cc2ccon2)CC1. The van der Waals surface area contributed by atoms with E-state index in [0.29, 0.717) is 13.0 Å². The minimum Gasteiger partial charge on any atom is -0.364 e. The van der Waals surface area contributed by atoms with Gasteiger partial charge in [-0.2, -0.15) is 0 Å². The first-order valence-electron chi connectivity index (χ1n) is 10.4. The topological polar surface area (TPSA) is 91.0 Å². The first-order chi connectivity index (χ1) is 14.6. The number of benzene rings is 1. The summed E-state index contributed by atoms with van der Waals surface area (Å²) in [5, 5.41) is 7.31. The highest BCUT2D eigenvalue weighted by atomic mass is 32.2. The molecule has 3 rings (SSSR count). The van der Waals surface area contributed by atoms with Crippen LogP contribution in [0, 0.1) is 0 Å². The molecule has 2 aromatic rings. The average molecular weight is 434 g/mol. The maximum absolute atomic E-state index is 12.3. The van der Waals surface area contributed by atoms with E-state index in [1.807, 2.05) is 43.3 Å². The quantitative estimate of drug-likeness (QED) is 0.366. The highest BCUT2D eigenvalue weighted by molar-refractivity contribution is 7.90. The number of hydrogen-bond donors (Lipinski definition) is 1. The summed E-state index contributed by atoms with van der Waals surface area (Å²) in [6.45, 7) is 7.69. The zero-order chi connectivity index (χ0) is 21.2. The summed E-state index contributed by atoms with van der Waals surface area (Å²) in [5.74, 6) is 1.10. The van der Waals surface area contributed by atoms with E-state index in [9.17, 15) is 8.42 Å². The van der Waals surface area contributed by atoms with Gasteiger partial charge in [0.05, 0.1) is 17.2 Å². The molecule has 30 heavy (non-hydrogen) atoms. The number of hydrogen-bond acceptors (Lipinski definition) is 6. The fourth-order valence-corrected chi connectivity index (χ4v) is 4.88. The average Bonchev–Trinajstić information content (AvgIpc) is 3.24. The zero-order valence-corrected chi connectivity index (χ0v) is 18.4. The van der Waals surface area contributed by atoms with E-state index in [0.717, 1.165) is 56.5 Å². The first-order valence-corrected chi connectivity index (χ1v) is 12.3. The van der Waals surface area contributed by atoms with Gasteiger partial charge in [0.25, 0.3) is 0 Å². The molecule has 0 atom stereocenters. The van der Waals surface area contributed by atoms with Crippen molar-refractivity contribution in [3.05, 3.63) is 53.9 Å². The van der Waals surface area contributed by atoms with Crippen LogP contribution < -0.4 is 5.32 Å². The number of nitrogens with one attached hydrogen (secondary N) is 1. The van der Waals surface area contributed by atoms with Crippen LogP contribution in [0.2, 0.25) is 0 Å². The van der Waals surface area contributed by atoms with Gasteiger partial charge in [0, 0.05) is 51.9 Å². The van der Waals surface area contributed by atoms with Crippen molar-refractivity contribution in [2.75, 3.05) is 45.0 Å². The summed E-state index contributed by atoms with van der Waals surface area (Å²) in [6.07, 6.45) is 2.12. The molecule has 1 saturated heterocycles. The highest BCUT2D eigenvalue weighted by Crippen LogP contribution is 2.09. The Morgan fingerprint density at radius 3 is 2.60 bits per heavy atom. The molecule has 1 N–H and O–H groups in total. The number of sulfone groups is 1. The van der Waals surface area contributed by atoms with Gasteiger partial charge >= 0.3 is 0 Å². The molecule has 164 valence electrons. The van der Waals surface area contributed by atoms with E-state index in [4.69, 9.17) is 4.52 Å². The maximum Gasteiger partial charge on any atom is 0.194 e. The van der Waals surface area contributed by atoms with Crippen LogP contribution >= 0.6 is 0 Å². The second-order valence-corrected chi connectivity index (χ2v) is 9.60. The van der Waals surface area contributed by atoms with Crippen LogP contribution in [0.4, 0.5) is 0 Å². The third kappa shape index (κ3) is 7.14. The molecular formula is C21H31N5O3S. The van der Waals surface area contributed by atoms with E-state index in [2.05, 4.69) is 25.3 Å². The van der Waals surface area contributed by atoms with Crippen molar-refractivity contribution in [1.29, 1.82) is 0 Å². The predicted molar refractivity (Wildman–Crippen MR) is 118 cm³/mol. The first kappa shape index (κ1) is 22.3. The third-order valence-corrected chi connectivity index (χ3v) is 6.67. The molecule has 0 unspecified atom stereocenters. The van der Waals surface area contributed by atoms with Crippen LogP contribution in [0.5, 0.6) is 0 Å². The van der Waals surface area contributed by atoms with Crippen molar-refractivity contribution >= 4 is 15.8 Å². The van der Waals surface area contributed by atoms with Crippen LogP contribution in [0.3, 0.4) is 0 Å². The summed E-state index contributed by atoms with van der Waals surface area (Å²) in [5.41, 5.74) is 1.78. The molecule has 0 radical (unpaired) electrons. The number of rotatable bonds is 9. The van der Waals surface area contributed by atoms with Gasteiger partial charge in [-0.1, -0.05) is 35.5 Å². The summed E-state index contributed by atoms with van der Waals surface area (Å²) in [7, 11) is -3.13. The molecule has 0 aliphatic carbocycles. The van der Waals surface area contributed by atoms with Crippen LogP contribution in [-0.2, 0) is 22.1 Å². The molecule has 2 heterocycles. The standard InChI is InChI=1S/C21H31N5O3S/c1-2-22-21(26-13-11-25(12-14-26)17-20-9-15-29-24-20)23-10-6-16-30(27,28)18-19-7-4-3-5-8-19/h3-5,7-9,15H,2,6,10-14,16-18H2,1H3,(H,22,23). The Hall–Kier alpha value is -2.39. The number of nitrogens with zero attached hydrogens (tertiary/aromatic N) is 4. The molecule has 1 aromatic heterocycles. The number of guanidine groups is 1. The van der Waals surface area contributed by atoms with Crippen molar-refractivity contribution < 1.29 is 12.9 Å². The molecule has 8 nitrogen and oxygen atoms in total. The Morgan fingerprint density at radius 1 is 1.17 bits per heavy atom. The molecule has 0 saturated carbocycles. The smallest absolute Gasteiger partial charge is 0.194 e. The van der Waals surface area contributed by atoms with Gasteiger partial charge in [0.2, 0.25) is 0 Å². The zero-order valence-electron chi connectivity index (χ0n) is 17.5. The molecule has 9 heteroatoms. The van der Waals surface area contributed by atoms with E-state index in [1.54, 1.807) is 6.26 Å². The lowest BCUT2D eigenvalue weighted by Crippen LogP contribution is -2.52. The van der Waals surface area contributed by atoms with Gasteiger partial charge in [0.1, 0.15) is 6.26 Å². The molecule has 0 bridgehead atoms. The molecule has 1 aliphatic heterocycles. The van der Waals surface area contributed by atoms with Gasteiger partial charge in [-0.05, 0) is 18.9 Å². The van der Waals surface area contributed by atoms with E-state index < -0.39 is 9.84 Å². The summed E-state index contributed by atoms with van der Waals surface area (Å²) >= 11 is 0. The van der Waals surface area contributed by atoms with Crippen molar-refractivity contribution in [3.63, 3.8) is 0 Å².